The molecule has 1 aliphatic heterocycles. The summed E-state index contributed by atoms with van der Waals surface area (Å²) in [5.41, 5.74) is 6.50. The fourth-order valence-corrected chi connectivity index (χ4v) is 3.80. The minimum atomic E-state index is -0.0948. The first-order chi connectivity index (χ1) is 12.8. The van der Waals surface area contributed by atoms with Crippen LogP contribution >= 0.6 is 0 Å². The number of Topliss-reactive ketones (excluding diaryl/α,β-unsaturated/α-hetero) is 1. The Hall–Kier alpha value is -2.82. The molecule has 2 aromatic carbocycles. The lowest BCUT2D eigenvalue weighted by atomic mass is 10.0. The van der Waals surface area contributed by atoms with E-state index >= 15 is 0 Å². The quantitative estimate of drug-likeness (QED) is 0.831. The van der Waals surface area contributed by atoms with Gasteiger partial charge in [-0.1, -0.05) is 17.7 Å². The van der Waals surface area contributed by atoms with Gasteiger partial charge in [0.15, 0.2) is 5.78 Å². The molecule has 1 saturated heterocycles. The molecule has 0 saturated carbocycles. The number of carbonyl (C=O) groups is 2. The number of nitrogens with zero attached hydrogens (tertiary/aromatic N) is 2. The normalized spacial score (nSPS) is 14.2. The molecule has 5 heteroatoms. The number of nitrogens with one attached hydrogen (secondary N) is 1. The maximum Gasteiger partial charge on any atom is 0.321 e. The molecule has 0 unspecified atom stereocenters. The van der Waals surface area contributed by atoms with Crippen molar-refractivity contribution in [1.29, 1.82) is 0 Å². The van der Waals surface area contributed by atoms with Crippen molar-refractivity contribution < 1.29 is 9.59 Å². The van der Waals surface area contributed by atoms with Crippen LogP contribution in [0.4, 0.5) is 16.2 Å². The Labute approximate surface area is 161 Å². The van der Waals surface area contributed by atoms with Crippen molar-refractivity contribution in [2.24, 2.45) is 0 Å². The van der Waals surface area contributed by atoms with Crippen LogP contribution in [-0.4, -0.2) is 42.9 Å². The Morgan fingerprint density at radius 2 is 1.44 bits per heavy atom. The predicted molar refractivity (Wildman–Crippen MR) is 110 cm³/mol. The van der Waals surface area contributed by atoms with Gasteiger partial charge in [0, 0.05) is 43.1 Å². The second-order valence-corrected chi connectivity index (χ2v) is 7.29. The van der Waals surface area contributed by atoms with Crippen molar-refractivity contribution in [3.63, 3.8) is 0 Å². The van der Waals surface area contributed by atoms with E-state index in [0.717, 1.165) is 13.1 Å². The summed E-state index contributed by atoms with van der Waals surface area (Å²) in [6.07, 6.45) is 0. The zero-order chi connectivity index (χ0) is 19.6. The Morgan fingerprint density at radius 3 is 1.96 bits per heavy atom. The standard InChI is InChI=1S/C22H27N3O2/c1-15-13-16(2)21(17(3)14-15)24-9-11-25(12-10-24)22(27)23-20-7-5-19(6-8-20)18(4)26/h5-8,13-14H,9-12H2,1-4H3,(H,23,27). The SMILES string of the molecule is CC(=O)c1ccc(NC(=O)N2CCN(c3c(C)cc(C)cc3C)CC2)cc1. The average molecular weight is 365 g/mol. The highest BCUT2D eigenvalue weighted by molar-refractivity contribution is 5.95. The number of urea groups is 1. The molecule has 0 radical (unpaired) electrons. The minimum Gasteiger partial charge on any atom is -0.368 e. The Kier molecular flexibility index (Phi) is 5.49. The molecule has 0 spiro atoms. The monoisotopic (exact) mass is 365 g/mol. The number of anilines is 2. The number of rotatable bonds is 3. The third kappa shape index (κ3) is 4.30. The zero-order valence-electron chi connectivity index (χ0n) is 16.5. The summed E-state index contributed by atoms with van der Waals surface area (Å²) >= 11 is 0. The maximum absolute atomic E-state index is 12.5. The zero-order valence-corrected chi connectivity index (χ0v) is 16.5. The fourth-order valence-electron chi connectivity index (χ4n) is 3.80. The number of hydrogen-bond acceptors (Lipinski definition) is 3. The second-order valence-electron chi connectivity index (χ2n) is 7.29. The smallest absolute Gasteiger partial charge is 0.321 e. The molecular formula is C22H27N3O2. The fraction of sp³-hybridized carbons (Fsp3) is 0.364. The van der Waals surface area contributed by atoms with E-state index in [1.807, 2.05) is 4.90 Å². The lowest BCUT2D eigenvalue weighted by Crippen LogP contribution is -2.50. The number of benzene rings is 2. The van der Waals surface area contributed by atoms with Gasteiger partial charge in [0.25, 0.3) is 0 Å². The molecule has 1 aliphatic rings. The summed E-state index contributed by atoms with van der Waals surface area (Å²) in [6, 6.07) is 11.3. The highest BCUT2D eigenvalue weighted by Crippen LogP contribution is 2.27. The Balaban J connectivity index is 1.60. The molecule has 2 amide bonds. The van der Waals surface area contributed by atoms with Crippen LogP contribution in [0.25, 0.3) is 0 Å². The van der Waals surface area contributed by atoms with Gasteiger partial charge in [-0.3, -0.25) is 4.79 Å². The summed E-state index contributed by atoms with van der Waals surface area (Å²) in [7, 11) is 0. The lowest BCUT2D eigenvalue weighted by molar-refractivity contribution is 0.101. The summed E-state index contributed by atoms with van der Waals surface area (Å²) < 4.78 is 0. The molecule has 2 aromatic rings. The lowest BCUT2D eigenvalue weighted by Gasteiger charge is -2.37. The first-order valence-corrected chi connectivity index (χ1v) is 9.35. The molecule has 1 N–H and O–H groups in total. The average Bonchev–Trinajstić information content (AvgIpc) is 2.62. The molecule has 0 bridgehead atoms. The number of hydrogen-bond donors (Lipinski definition) is 1. The van der Waals surface area contributed by atoms with Crippen LogP contribution in [0, 0.1) is 20.8 Å². The van der Waals surface area contributed by atoms with Crippen LogP contribution in [0.5, 0.6) is 0 Å². The first-order valence-electron chi connectivity index (χ1n) is 9.35. The van der Waals surface area contributed by atoms with Gasteiger partial charge in [-0.2, -0.15) is 0 Å². The van der Waals surface area contributed by atoms with Crippen LogP contribution in [0.15, 0.2) is 36.4 Å². The van der Waals surface area contributed by atoms with E-state index in [2.05, 4.69) is 43.1 Å². The van der Waals surface area contributed by atoms with Crippen molar-refractivity contribution in [3.8, 4) is 0 Å². The molecule has 27 heavy (non-hydrogen) atoms. The van der Waals surface area contributed by atoms with E-state index in [1.54, 1.807) is 24.3 Å². The number of amides is 2. The molecule has 0 aromatic heterocycles. The van der Waals surface area contributed by atoms with Crippen LogP contribution < -0.4 is 10.2 Å². The molecule has 5 nitrogen and oxygen atoms in total. The second kappa shape index (κ2) is 7.82. The van der Waals surface area contributed by atoms with E-state index in [9.17, 15) is 9.59 Å². The number of aryl methyl sites for hydroxylation is 3. The molecular weight excluding hydrogens is 338 g/mol. The van der Waals surface area contributed by atoms with E-state index in [1.165, 1.54) is 29.3 Å². The molecule has 1 fully saturated rings. The summed E-state index contributed by atoms with van der Waals surface area (Å²) in [4.78, 5) is 28.1. The van der Waals surface area contributed by atoms with Crippen molar-refractivity contribution in [2.45, 2.75) is 27.7 Å². The summed E-state index contributed by atoms with van der Waals surface area (Å²) in [6.45, 7) is 11.0. The van der Waals surface area contributed by atoms with Gasteiger partial charge in [0.05, 0.1) is 0 Å². The maximum atomic E-state index is 12.5. The van der Waals surface area contributed by atoms with Gasteiger partial charge in [-0.05, 0) is 63.1 Å². The summed E-state index contributed by atoms with van der Waals surface area (Å²) in [5.74, 6) is 0.0192. The van der Waals surface area contributed by atoms with E-state index < -0.39 is 0 Å². The van der Waals surface area contributed by atoms with Gasteiger partial charge in [0.1, 0.15) is 0 Å². The van der Waals surface area contributed by atoms with Crippen molar-refractivity contribution >= 4 is 23.2 Å². The van der Waals surface area contributed by atoms with E-state index in [-0.39, 0.29) is 11.8 Å². The van der Waals surface area contributed by atoms with Gasteiger partial charge >= 0.3 is 6.03 Å². The minimum absolute atomic E-state index is 0.0192. The van der Waals surface area contributed by atoms with Gasteiger partial charge in [-0.15, -0.1) is 0 Å². The highest BCUT2D eigenvalue weighted by atomic mass is 16.2. The van der Waals surface area contributed by atoms with Crippen molar-refractivity contribution in [3.05, 3.63) is 58.7 Å². The highest BCUT2D eigenvalue weighted by Gasteiger charge is 2.23. The summed E-state index contributed by atoms with van der Waals surface area (Å²) in [5, 5.41) is 2.92. The van der Waals surface area contributed by atoms with Crippen LogP contribution in [0.3, 0.4) is 0 Å². The van der Waals surface area contributed by atoms with E-state index in [4.69, 9.17) is 0 Å². The van der Waals surface area contributed by atoms with Gasteiger partial charge in [0.2, 0.25) is 0 Å². The third-order valence-electron chi connectivity index (χ3n) is 5.06. The van der Waals surface area contributed by atoms with Gasteiger partial charge < -0.3 is 15.1 Å². The molecule has 3 rings (SSSR count). The topological polar surface area (TPSA) is 52.7 Å². The predicted octanol–water partition coefficient (Wildman–Crippen LogP) is 4.17. The largest absolute Gasteiger partial charge is 0.368 e. The number of carbonyl (C=O) groups excluding carboxylic acids is 2. The van der Waals surface area contributed by atoms with Crippen LogP contribution in [0.1, 0.15) is 34.0 Å². The third-order valence-corrected chi connectivity index (χ3v) is 5.06. The molecule has 0 aliphatic carbocycles. The molecule has 1 heterocycles. The number of ketones is 1. The number of piperazine rings is 1. The Bertz CT molecular complexity index is 827. The van der Waals surface area contributed by atoms with Gasteiger partial charge in [-0.25, -0.2) is 4.79 Å². The van der Waals surface area contributed by atoms with E-state index in [0.29, 0.717) is 24.3 Å². The Morgan fingerprint density at radius 1 is 0.889 bits per heavy atom. The molecule has 0 atom stereocenters. The first kappa shape index (κ1) is 19.0. The van der Waals surface area contributed by atoms with Crippen LogP contribution in [0.2, 0.25) is 0 Å². The molecule has 142 valence electrons. The van der Waals surface area contributed by atoms with Crippen molar-refractivity contribution in [2.75, 3.05) is 36.4 Å². The van der Waals surface area contributed by atoms with Crippen LogP contribution in [-0.2, 0) is 0 Å². The van der Waals surface area contributed by atoms with Crippen molar-refractivity contribution in [1.82, 2.24) is 4.90 Å².